The van der Waals surface area contributed by atoms with Crippen molar-refractivity contribution in [3.8, 4) is 0 Å². The number of halogens is 2. The number of amides is 1. The zero-order valence-corrected chi connectivity index (χ0v) is 10.1. The van der Waals surface area contributed by atoms with Crippen molar-refractivity contribution in [3.63, 3.8) is 0 Å². The van der Waals surface area contributed by atoms with E-state index in [0.717, 1.165) is 6.07 Å². The number of carboxylic acid groups (broad SMARTS) is 1. The van der Waals surface area contributed by atoms with Gasteiger partial charge in [0.05, 0.1) is 16.9 Å². The van der Waals surface area contributed by atoms with E-state index in [2.05, 4.69) is 5.32 Å². The molecule has 2 unspecified atom stereocenters. The molecule has 4 nitrogen and oxygen atoms in total. The molecule has 1 aliphatic carbocycles. The average Bonchev–Trinajstić information content (AvgIpc) is 2.20. The SMILES string of the molecule is O=C(O)C1CCC1C(=O)Nc1ccc(Cl)c(F)c1. The van der Waals surface area contributed by atoms with Crippen LogP contribution in [0.4, 0.5) is 10.1 Å². The minimum atomic E-state index is -0.969. The highest BCUT2D eigenvalue weighted by Crippen LogP contribution is 2.35. The molecular weight excluding hydrogens is 261 g/mol. The summed E-state index contributed by atoms with van der Waals surface area (Å²) < 4.78 is 13.2. The maximum atomic E-state index is 13.2. The summed E-state index contributed by atoms with van der Waals surface area (Å²) >= 11 is 5.52. The highest BCUT2D eigenvalue weighted by atomic mass is 35.5. The maximum absolute atomic E-state index is 13.2. The van der Waals surface area contributed by atoms with Crippen LogP contribution < -0.4 is 5.32 Å². The third-order valence-corrected chi connectivity index (χ3v) is 3.42. The molecule has 6 heteroatoms. The van der Waals surface area contributed by atoms with Gasteiger partial charge in [-0.15, -0.1) is 0 Å². The lowest BCUT2D eigenvalue weighted by molar-refractivity contribution is -0.151. The number of carbonyl (C=O) groups excluding carboxylic acids is 1. The molecule has 2 rings (SSSR count). The van der Waals surface area contributed by atoms with Gasteiger partial charge in [0.1, 0.15) is 5.82 Å². The van der Waals surface area contributed by atoms with E-state index < -0.39 is 29.5 Å². The second kappa shape index (κ2) is 4.94. The van der Waals surface area contributed by atoms with Crippen LogP contribution >= 0.6 is 11.6 Å². The number of rotatable bonds is 3. The van der Waals surface area contributed by atoms with Gasteiger partial charge in [-0.1, -0.05) is 11.6 Å². The first kappa shape index (κ1) is 12.8. The minimum absolute atomic E-state index is 0.0277. The molecule has 0 radical (unpaired) electrons. The van der Waals surface area contributed by atoms with Gasteiger partial charge < -0.3 is 10.4 Å². The first-order valence-electron chi connectivity index (χ1n) is 5.48. The van der Waals surface area contributed by atoms with Crippen molar-refractivity contribution >= 4 is 29.2 Å². The highest BCUT2D eigenvalue weighted by Gasteiger charge is 2.41. The predicted octanol–water partition coefficient (Wildman–Crippen LogP) is 2.53. The third-order valence-electron chi connectivity index (χ3n) is 3.12. The van der Waals surface area contributed by atoms with Crippen molar-refractivity contribution in [2.45, 2.75) is 12.8 Å². The fourth-order valence-electron chi connectivity index (χ4n) is 1.92. The fourth-order valence-corrected chi connectivity index (χ4v) is 2.04. The number of hydrogen-bond donors (Lipinski definition) is 2. The predicted molar refractivity (Wildman–Crippen MR) is 63.9 cm³/mol. The van der Waals surface area contributed by atoms with Gasteiger partial charge in [0.25, 0.3) is 0 Å². The molecule has 1 aromatic carbocycles. The Morgan fingerprint density at radius 1 is 1.33 bits per heavy atom. The van der Waals surface area contributed by atoms with Crippen molar-refractivity contribution in [1.29, 1.82) is 0 Å². The monoisotopic (exact) mass is 271 g/mol. The van der Waals surface area contributed by atoms with Gasteiger partial charge in [-0.25, -0.2) is 4.39 Å². The third kappa shape index (κ3) is 2.46. The molecule has 0 bridgehead atoms. The molecular formula is C12H11ClFNO3. The number of anilines is 1. The largest absolute Gasteiger partial charge is 0.481 e. The smallest absolute Gasteiger partial charge is 0.307 e. The van der Waals surface area contributed by atoms with Crippen LogP contribution in [0.1, 0.15) is 12.8 Å². The summed E-state index contributed by atoms with van der Waals surface area (Å²) in [7, 11) is 0. The van der Waals surface area contributed by atoms with Crippen LogP contribution in [0.2, 0.25) is 5.02 Å². The van der Waals surface area contributed by atoms with E-state index in [-0.39, 0.29) is 10.7 Å². The lowest BCUT2D eigenvalue weighted by Gasteiger charge is -2.31. The van der Waals surface area contributed by atoms with Gasteiger partial charge in [0, 0.05) is 5.69 Å². The molecule has 2 atom stereocenters. The number of carbonyl (C=O) groups is 2. The summed E-state index contributed by atoms with van der Waals surface area (Å²) in [4.78, 5) is 22.6. The Kier molecular flexibility index (Phi) is 3.52. The zero-order valence-electron chi connectivity index (χ0n) is 9.32. The quantitative estimate of drug-likeness (QED) is 0.888. The Bertz CT molecular complexity index is 506. The van der Waals surface area contributed by atoms with Crippen molar-refractivity contribution in [2.24, 2.45) is 11.8 Å². The van der Waals surface area contributed by atoms with Crippen molar-refractivity contribution in [3.05, 3.63) is 29.0 Å². The second-order valence-electron chi connectivity index (χ2n) is 4.25. The summed E-state index contributed by atoms with van der Waals surface area (Å²) in [6, 6.07) is 3.91. The molecule has 0 spiro atoms. The second-order valence-corrected chi connectivity index (χ2v) is 4.65. The molecule has 1 amide bonds. The number of nitrogens with one attached hydrogen (secondary N) is 1. The molecule has 1 saturated carbocycles. The zero-order chi connectivity index (χ0) is 13.3. The van der Waals surface area contributed by atoms with Crippen LogP contribution in [0.3, 0.4) is 0 Å². The first-order chi connectivity index (χ1) is 8.49. The molecule has 18 heavy (non-hydrogen) atoms. The molecule has 1 fully saturated rings. The summed E-state index contributed by atoms with van der Waals surface area (Å²) in [5, 5.41) is 11.3. The van der Waals surface area contributed by atoms with Crippen LogP contribution in [-0.4, -0.2) is 17.0 Å². The number of carboxylic acids is 1. The summed E-state index contributed by atoms with van der Waals surface area (Å²) in [5.41, 5.74) is 0.276. The van der Waals surface area contributed by atoms with Gasteiger partial charge in [0.15, 0.2) is 0 Å². The Labute approximate surface area is 108 Å². The van der Waals surface area contributed by atoms with Crippen LogP contribution in [0.25, 0.3) is 0 Å². The molecule has 0 saturated heterocycles. The topological polar surface area (TPSA) is 66.4 Å². The van der Waals surface area contributed by atoms with Crippen LogP contribution in [0.5, 0.6) is 0 Å². The molecule has 0 aromatic heterocycles. The lowest BCUT2D eigenvalue weighted by Crippen LogP contribution is -2.41. The molecule has 1 aliphatic rings. The first-order valence-corrected chi connectivity index (χ1v) is 5.85. The molecule has 96 valence electrons. The maximum Gasteiger partial charge on any atom is 0.307 e. The summed E-state index contributed by atoms with van der Waals surface area (Å²) in [6.07, 6.45) is 1.04. The normalized spacial score (nSPS) is 22.1. The van der Waals surface area contributed by atoms with Gasteiger partial charge in [0.2, 0.25) is 5.91 Å². The van der Waals surface area contributed by atoms with E-state index in [0.29, 0.717) is 12.8 Å². The van der Waals surface area contributed by atoms with Crippen molar-refractivity contribution in [2.75, 3.05) is 5.32 Å². The molecule has 0 aliphatic heterocycles. The Hall–Kier alpha value is -1.62. The van der Waals surface area contributed by atoms with Crippen LogP contribution in [0.15, 0.2) is 18.2 Å². The summed E-state index contributed by atoms with van der Waals surface area (Å²) in [6.45, 7) is 0. The highest BCUT2D eigenvalue weighted by molar-refractivity contribution is 6.30. The minimum Gasteiger partial charge on any atom is -0.481 e. The van der Waals surface area contributed by atoms with E-state index >= 15 is 0 Å². The Balaban J connectivity index is 2.03. The number of aliphatic carboxylic acids is 1. The van der Waals surface area contributed by atoms with Gasteiger partial charge in [-0.3, -0.25) is 9.59 Å². The molecule has 1 aromatic rings. The summed E-state index contributed by atoms with van der Waals surface area (Å²) in [5.74, 6) is -3.17. The van der Waals surface area contributed by atoms with Crippen molar-refractivity contribution < 1.29 is 19.1 Å². The van der Waals surface area contributed by atoms with Gasteiger partial charge in [-0.05, 0) is 31.0 Å². The lowest BCUT2D eigenvalue weighted by atomic mass is 9.73. The molecule has 0 heterocycles. The van der Waals surface area contributed by atoms with E-state index in [1.165, 1.54) is 12.1 Å². The van der Waals surface area contributed by atoms with E-state index in [1.807, 2.05) is 0 Å². The van der Waals surface area contributed by atoms with E-state index in [4.69, 9.17) is 16.7 Å². The average molecular weight is 272 g/mol. The van der Waals surface area contributed by atoms with Crippen LogP contribution in [0, 0.1) is 17.7 Å². The van der Waals surface area contributed by atoms with E-state index in [9.17, 15) is 14.0 Å². The Morgan fingerprint density at radius 3 is 2.50 bits per heavy atom. The van der Waals surface area contributed by atoms with Crippen molar-refractivity contribution in [1.82, 2.24) is 0 Å². The van der Waals surface area contributed by atoms with Gasteiger partial charge >= 0.3 is 5.97 Å². The number of hydrogen-bond acceptors (Lipinski definition) is 2. The van der Waals surface area contributed by atoms with Gasteiger partial charge in [-0.2, -0.15) is 0 Å². The number of benzene rings is 1. The standard InChI is InChI=1S/C12H11ClFNO3/c13-9-4-1-6(5-10(9)14)15-11(16)7-2-3-8(7)12(17)18/h1,4-5,7-8H,2-3H2,(H,15,16)(H,17,18). The Morgan fingerprint density at radius 2 is 2.00 bits per heavy atom. The van der Waals surface area contributed by atoms with E-state index in [1.54, 1.807) is 0 Å². The van der Waals surface area contributed by atoms with Crippen LogP contribution in [-0.2, 0) is 9.59 Å². The molecule has 2 N–H and O–H groups in total. The fraction of sp³-hybridized carbons (Fsp3) is 0.333.